The van der Waals surface area contributed by atoms with E-state index in [0.29, 0.717) is 24.1 Å². The van der Waals surface area contributed by atoms with Crippen molar-refractivity contribution in [1.82, 2.24) is 14.5 Å². The first kappa shape index (κ1) is 14.9. The molecule has 1 unspecified atom stereocenters. The quantitative estimate of drug-likeness (QED) is 0.726. The fourth-order valence-electron chi connectivity index (χ4n) is 2.30. The van der Waals surface area contributed by atoms with Gasteiger partial charge in [-0.15, -0.1) is 11.3 Å². The summed E-state index contributed by atoms with van der Waals surface area (Å²) in [5.74, 6) is 0. The molecule has 0 saturated heterocycles. The lowest BCUT2D eigenvalue weighted by atomic mass is 10.2. The second kappa shape index (κ2) is 6.37. The number of fused-ring (bicyclic) bond motifs is 1. The highest BCUT2D eigenvalue weighted by Crippen LogP contribution is 2.21. The minimum Gasteiger partial charge on any atom is -0.372 e. The van der Waals surface area contributed by atoms with Gasteiger partial charge in [0.25, 0.3) is 5.56 Å². The molecule has 114 valence electrons. The Hall–Kier alpha value is -2.05. The van der Waals surface area contributed by atoms with Crippen LogP contribution in [0.3, 0.4) is 0 Å². The van der Waals surface area contributed by atoms with Crippen molar-refractivity contribution in [2.24, 2.45) is 0 Å². The van der Waals surface area contributed by atoms with Crippen LogP contribution in [-0.4, -0.2) is 21.1 Å². The van der Waals surface area contributed by atoms with Crippen LogP contribution in [0, 0.1) is 0 Å². The second-order valence-electron chi connectivity index (χ2n) is 4.97. The molecule has 3 aromatic rings. The molecule has 0 saturated carbocycles. The van der Waals surface area contributed by atoms with Gasteiger partial charge in [-0.1, -0.05) is 12.1 Å². The van der Waals surface area contributed by atoms with E-state index in [9.17, 15) is 4.79 Å². The summed E-state index contributed by atoms with van der Waals surface area (Å²) in [4.78, 5) is 21.3. The fraction of sp³-hybridized carbons (Fsp3) is 0.312. The Balaban J connectivity index is 1.87. The maximum atomic E-state index is 12.4. The van der Waals surface area contributed by atoms with Crippen molar-refractivity contribution < 1.29 is 4.74 Å². The summed E-state index contributed by atoms with van der Waals surface area (Å²) >= 11 is 1.55. The first-order valence-corrected chi connectivity index (χ1v) is 8.07. The molecule has 0 amide bonds. The zero-order valence-electron chi connectivity index (χ0n) is 12.5. The molecule has 1 aromatic carbocycles. The first-order chi connectivity index (χ1) is 10.7. The summed E-state index contributed by atoms with van der Waals surface area (Å²) < 4.78 is 7.13. The van der Waals surface area contributed by atoms with Gasteiger partial charge in [0.05, 0.1) is 29.5 Å². The first-order valence-electron chi connectivity index (χ1n) is 7.19. The normalized spacial score (nSPS) is 12.6. The highest BCUT2D eigenvalue weighted by molar-refractivity contribution is 7.09. The molecule has 0 radical (unpaired) electrons. The predicted molar refractivity (Wildman–Crippen MR) is 87.3 cm³/mol. The molecular formula is C16H17N3O2S. The van der Waals surface area contributed by atoms with Crippen molar-refractivity contribution in [3.63, 3.8) is 0 Å². The summed E-state index contributed by atoms with van der Waals surface area (Å²) in [7, 11) is 0. The molecule has 0 aliphatic heterocycles. The number of hydrogen-bond acceptors (Lipinski definition) is 5. The Morgan fingerprint density at radius 1 is 1.36 bits per heavy atom. The Bertz CT molecular complexity index is 841. The Kier molecular flexibility index (Phi) is 4.31. The van der Waals surface area contributed by atoms with Crippen molar-refractivity contribution in [2.75, 3.05) is 6.61 Å². The van der Waals surface area contributed by atoms with Gasteiger partial charge in [-0.25, -0.2) is 9.97 Å². The molecule has 0 fully saturated rings. The number of nitrogens with zero attached hydrogens (tertiary/aromatic N) is 3. The minimum absolute atomic E-state index is 0.0183. The number of para-hydroxylation sites is 1. The number of thiazole rings is 1. The summed E-state index contributed by atoms with van der Waals surface area (Å²) in [6.45, 7) is 5.03. The average Bonchev–Trinajstić information content (AvgIpc) is 2.99. The van der Waals surface area contributed by atoms with E-state index >= 15 is 0 Å². The second-order valence-corrected chi connectivity index (χ2v) is 5.86. The summed E-state index contributed by atoms with van der Waals surface area (Å²) in [6, 6.07) is 7.36. The zero-order chi connectivity index (χ0) is 15.5. The molecule has 0 N–H and O–H groups in total. The molecule has 22 heavy (non-hydrogen) atoms. The van der Waals surface area contributed by atoms with Gasteiger partial charge in [0.15, 0.2) is 0 Å². The number of ether oxygens (including phenoxy) is 1. The monoisotopic (exact) mass is 315 g/mol. The number of hydrogen-bond donors (Lipinski definition) is 0. The van der Waals surface area contributed by atoms with E-state index in [0.717, 1.165) is 10.7 Å². The predicted octanol–water partition coefficient (Wildman–Crippen LogP) is 3.00. The van der Waals surface area contributed by atoms with Crippen molar-refractivity contribution in [3.8, 4) is 0 Å². The third kappa shape index (κ3) is 2.93. The molecule has 2 aromatic heterocycles. The SMILES string of the molecule is CCOC(C)c1nc(Cn2cnc3ccccc3c2=O)cs1. The topological polar surface area (TPSA) is 57.0 Å². The van der Waals surface area contributed by atoms with E-state index in [1.165, 1.54) is 0 Å². The van der Waals surface area contributed by atoms with E-state index in [-0.39, 0.29) is 11.7 Å². The third-order valence-corrected chi connectivity index (χ3v) is 4.45. The van der Waals surface area contributed by atoms with Crippen LogP contribution in [0.1, 0.15) is 30.7 Å². The molecule has 3 rings (SSSR count). The van der Waals surface area contributed by atoms with Gasteiger partial charge in [0.1, 0.15) is 11.1 Å². The molecule has 0 aliphatic carbocycles. The molecule has 5 nitrogen and oxygen atoms in total. The summed E-state index contributed by atoms with van der Waals surface area (Å²) in [6.07, 6.45) is 1.56. The average molecular weight is 315 g/mol. The van der Waals surface area contributed by atoms with E-state index in [2.05, 4.69) is 9.97 Å². The summed E-state index contributed by atoms with van der Waals surface area (Å²) in [5, 5.41) is 3.52. The maximum Gasteiger partial charge on any atom is 0.261 e. The molecular weight excluding hydrogens is 298 g/mol. The highest BCUT2D eigenvalue weighted by atomic mass is 32.1. The van der Waals surface area contributed by atoms with Crippen LogP contribution < -0.4 is 5.56 Å². The lowest BCUT2D eigenvalue weighted by Crippen LogP contribution is -2.21. The van der Waals surface area contributed by atoms with Crippen molar-refractivity contribution in [1.29, 1.82) is 0 Å². The molecule has 0 aliphatic rings. The maximum absolute atomic E-state index is 12.4. The third-order valence-electron chi connectivity index (χ3n) is 3.40. The van der Waals surface area contributed by atoms with Crippen LogP contribution >= 0.6 is 11.3 Å². The zero-order valence-corrected chi connectivity index (χ0v) is 13.3. The van der Waals surface area contributed by atoms with Crippen LogP contribution in [-0.2, 0) is 11.3 Å². The van der Waals surface area contributed by atoms with Crippen molar-refractivity contribution in [3.05, 3.63) is 57.0 Å². The molecule has 6 heteroatoms. The van der Waals surface area contributed by atoms with Crippen LogP contribution in [0.25, 0.3) is 10.9 Å². The number of rotatable bonds is 5. The molecule has 1 atom stereocenters. The van der Waals surface area contributed by atoms with Gasteiger partial charge in [-0.2, -0.15) is 0 Å². The molecule has 0 bridgehead atoms. The molecule has 0 spiro atoms. The Labute approximate surface area is 132 Å². The number of aromatic nitrogens is 3. The lowest BCUT2D eigenvalue weighted by Gasteiger charge is -2.07. The van der Waals surface area contributed by atoms with E-state index in [1.807, 2.05) is 37.4 Å². The van der Waals surface area contributed by atoms with E-state index < -0.39 is 0 Å². The Morgan fingerprint density at radius 3 is 3.00 bits per heavy atom. The van der Waals surface area contributed by atoms with Crippen molar-refractivity contribution >= 4 is 22.2 Å². The van der Waals surface area contributed by atoms with Gasteiger partial charge in [-0.05, 0) is 26.0 Å². The fourth-order valence-corrected chi connectivity index (χ4v) is 3.11. The molecule has 2 heterocycles. The van der Waals surface area contributed by atoms with E-state index in [4.69, 9.17) is 4.74 Å². The van der Waals surface area contributed by atoms with Crippen LogP contribution in [0.4, 0.5) is 0 Å². The highest BCUT2D eigenvalue weighted by Gasteiger charge is 2.11. The number of benzene rings is 1. The minimum atomic E-state index is -0.0435. The van der Waals surface area contributed by atoms with Crippen LogP contribution in [0.15, 0.2) is 40.8 Å². The van der Waals surface area contributed by atoms with Gasteiger partial charge < -0.3 is 4.74 Å². The van der Waals surface area contributed by atoms with Gasteiger partial charge in [0, 0.05) is 12.0 Å². The smallest absolute Gasteiger partial charge is 0.261 e. The van der Waals surface area contributed by atoms with Crippen LogP contribution in [0.2, 0.25) is 0 Å². The Morgan fingerprint density at radius 2 is 2.18 bits per heavy atom. The van der Waals surface area contributed by atoms with E-state index in [1.54, 1.807) is 28.3 Å². The summed E-state index contributed by atoms with van der Waals surface area (Å²) in [5.41, 5.74) is 1.52. The lowest BCUT2D eigenvalue weighted by molar-refractivity contribution is 0.0761. The van der Waals surface area contributed by atoms with Gasteiger partial charge in [-0.3, -0.25) is 9.36 Å². The van der Waals surface area contributed by atoms with Crippen molar-refractivity contribution in [2.45, 2.75) is 26.5 Å². The van der Waals surface area contributed by atoms with Crippen LogP contribution in [0.5, 0.6) is 0 Å². The van der Waals surface area contributed by atoms with Gasteiger partial charge >= 0.3 is 0 Å². The largest absolute Gasteiger partial charge is 0.372 e. The van der Waals surface area contributed by atoms with Gasteiger partial charge in [0.2, 0.25) is 0 Å². The standard InChI is InChI=1S/C16H17N3O2S/c1-3-21-11(2)15-18-12(9-22-15)8-19-10-17-14-7-5-4-6-13(14)16(19)20/h4-7,9-11H,3,8H2,1-2H3.